The van der Waals surface area contributed by atoms with Crippen molar-refractivity contribution in [3.8, 4) is 22.7 Å². The standard InChI is InChI=1S/C21H15ClN4O2/c22-14-4-6-18-16(9-14)17(21(27)25-18)10-15-5-7-19(28-15)12-2-1-3-13(8-12)20-23-11-24-26-20/h1-8,10-11,16H,9H2,(H,25,27)(H,23,24,26). The number of H-pyrrole nitrogens is 1. The molecule has 1 unspecified atom stereocenters. The first-order valence-corrected chi connectivity index (χ1v) is 9.20. The van der Waals surface area contributed by atoms with E-state index in [1.54, 1.807) is 6.08 Å². The molecule has 0 spiro atoms. The molecule has 1 aliphatic carbocycles. The first kappa shape index (κ1) is 16.8. The fourth-order valence-electron chi connectivity index (χ4n) is 3.51. The number of hydrogen-bond donors (Lipinski definition) is 2. The van der Waals surface area contributed by atoms with Crippen LogP contribution in [-0.4, -0.2) is 21.1 Å². The summed E-state index contributed by atoms with van der Waals surface area (Å²) in [5, 5.41) is 10.4. The van der Waals surface area contributed by atoms with Gasteiger partial charge in [0.15, 0.2) is 5.82 Å². The second kappa shape index (κ2) is 6.65. The molecular weight excluding hydrogens is 376 g/mol. The zero-order chi connectivity index (χ0) is 19.1. The van der Waals surface area contributed by atoms with Crippen molar-refractivity contribution in [1.82, 2.24) is 20.5 Å². The highest BCUT2D eigenvalue weighted by Crippen LogP contribution is 2.37. The fraction of sp³-hybridized carbons (Fsp3) is 0.0952. The van der Waals surface area contributed by atoms with Gasteiger partial charge in [-0.05, 0) is 42.8 Å². The van der Waals surface area contributed by atoms with Crippen LogP contribution in [-0.2, 0) is 4.79 Å². The molecule has 6 nitrogen and oxygen atoms in total. The van der Waals surface area contributed by atoms with E-state index >= 15 is 0 Å². The van der Waals surface area contributed by atoms with Gasteiger partial charge in [0, 0.05) is 33.3 Å². The molecule has 1 atom stereocenters. The van der Waals surface area contributed by atoms with Gasteiger partial charge in [0.1, 0.15) is 17.8 Å². The molecule has 0 radical (unpaired) electrons. The lowest BCUT2D eigenvalue weighted by molar-refractivity contribution is -0.115. The van der Waals surface area contributed by atoms with Gasteiger partial charge in [0.05, 0.1) is 0 Å². The van der Waals surface area contributed by atoms with Gasteiger partial charge in [0.2, 0.25) is 0 Å². The van der Waals surface area contributed by atoms with Crippen molar-refractivity contribution in [1.29, 1.82) is 0 Å². The summed E-state index contributed by atoms with van der Waals surface area (Å²) in [5.74, 6) is 1.87. The highest BCUT2D eigenvalue weighted by atomic mass is 35.5. The second-order valence-corrected chi connectivity index (χ2v) is 7.15. The number of amides is 1. The average molecular weight is 391 g/mol. The highest BCUT2D eigenvalue weighted by Gasteiger charge is 2.34. The smallest absolute Gasteiger partial charge is 0.252 e. The van der Waals surface area contributed by atoms with Gasteiger partial charge in [-0.15, -0.1) is 0 Å². The molecule has 1 saturated heterocycles. The van der Waals surface area contributed by atoms with E-state index in [2.05, 4.69) is 20.5 Å². The summed E-state index contributed by atoms with van der Waals surface area (Å²) in [4.78, 5) is 16.5. The number of carbonyl (C=O) groups excluding carboxylic acids is 1. The summed E-state index contributed by atoms with van der Waals surface area (Å²) in [7, 11) is 0. The van der Waals surface area contributed by atoms with Crippen LogP contribution in [0.15, 0.2) is 75.6 Å². The predicted molar refractivity (Wildman–Crippen MR) is 106 cm³/mol. The number of nitrogens with one attached hydrogen (secondary N) is 2. The van der Waals surface area contributed by atoms with Crippen molar-refractivity contribution in [2.24, 2.45) is 5.92 Å². The lowest BCUT2D eigenvalue weighted by Crippen LogP contribution is -2.13. The molecule has 1 amide bonds. The Labute approximate surface area is 165 Å². The Morgan fingerprint density at radius 3 is 2.93 bits per heavy atom. The zero-order valence-electron chi connectivity index (χ0n) is 14.6. The number of rotatable bonds is 3. The third-order valence-electron chi connectivity index (χ3n) is 4.87. The van der Waals surface area contributed by atoms with Crippen molar-refractivity contribution in [3.63, 3.8) is 0 Å². The Morgan fingerprint density at radius 2 is 2.07 bits per heavy atom. The van der Waals surface area contributed by atoms with Crippen molar-refractivity contribution in [3.05, 3.63) is 76.9 Å². The predicted octanol–water partition coefficient (Wildman–Crippen LogP) is 4.27. The Balaban J connectivity index is 1.45. The third kappa shape index (κ3) is 2.97. The van der Waals surface area contributed by atoms with Crippen LogP contribution in [0.25, 0.3) is 28.8 Å². The van der Waals surface area contributed by atoms with Gasteiger partial charge in [0.25, 0.3) is 5.91 Å². The van der Waals surface area contributed by atoms with E-state index < -0.39 is 0 Å². The summed E-state index contributed by atoms with van der Waals surface area (Å²) in [6.07, 6.45) is 7.56. The van der Waals surface area contributed by atoms with E-state index in [-0.39, 0.29) is 11.8 Å². The summed E-state index contributed by atoms with van der Waals surface area (Å²) >= 11 is 6.16. The molecule has 2 aromatic heterocycles. The summed E-state index contributed by atoms with van der Waals surface area (Å²) in [6.45, 7) is 0. The maximum Gasteiger partial charge on any atom is 0.252 e. The molecule has 28 heavy (non-hydrogen) atoms. The molecule has 2 N–H and O–H groups in total. The lowest BCUT2D eigenvalue weighted by Gasteiger charge is -2.14. The Bertz CT molecular complexity index is 1150. The minimum Gasteiger partial charge on any atom is -0.457 e. The van der Waals surface area contributed by atoms with Crippen LogP contribution in [0, 0.1) is 5.92 Å². The SMILES string of the molecule is O=C1NC2=CC=C(Cl)CC2C1=Cc1ccc(-c2cccc(-c3ncn[nH]3)c2)o1. The summed E-state index contributed by atoms with van der Waals surface area (Å²) < 4.78 is 5.99. The Kier molecular flexibility index (Phi) is 3.98. The molecule has 7 heteroatoms. The number of allylic oxidation sites excluding steroid dienone is 4. The fourth-order valence-corrected chi connectivity index (χ4v) is 3.72. The number of nitrogens with zero attached hydrogens (tertiary/aromatic N) is 2. The number of furan rings is 1. The van der Waals surface area contributed by atoms with Crippen LogP contribution in [0.5, 0.6) is 0 Å². The van der Waals surface area contributed by atoms with Crippen molar-refractivity contribution >= 4 is 23.6 Å². The maximum absolute atomic E-state index is 12.4. The number of carbonyl (C=O) groups is 1. The lowest BCUT2D eigenvalue weighted by atomic mass is 9.92. The molecule has 1 aromatic carbocycles. The third-order valence-corrected chi connectivity index (χ3v) is 5.15. The minimum absolute atomic E-state index is 0.0478. The quantitative estimate of drug-likeness (QED) is 0.654. The Morgan fingerprint density at radius 1 is 1.18 bits per heavy atom. The Hall–Kier alpha value is -3.38. The van der Waals surface area contributed by atoms with Crippen LogP contribution < -0.4 is 5.32 Å². The van der Waals surface area contributed by atoms with Gasteiger partial charge < -0.3 is 9.73 Å². The molecule has 2 aliphatic rings. The van der Waals surface area contributed by atoms with Gasteiger partial charge in [-0.2, -0.15) is 5.10 Å². The van der Waals surface area contributed by atoms with Gasteiger partial charge in [-0.3, -0.25) is 9.89 Å². The van der Waals surface area contributed by atoms with Gasteiger partial charge >= 0.3 is 0 Å². The van der Waals surface area contributed by atoms with E-state index in [9.17, 15) is 4.79 Å². The van der Waals surface area contributed by atoms with E-state index in [4.69, 9.17) is 16.0 Å². The maximum atomic E-state index is 12.4. The molecule has 0 bridgehead atoms. The van der Waals surface area contributed by atoms with Crippen molar-refractivity contribution in [2.45, 2.75) is 6.42 Å². The summed E-state index contributed by atoms with van der Waals surface area (Å²) in [5.41, 5.74) is 3.37. The average Bonchev–Trinajstić information content (AvgIpc) is 3.44. The molecule has 3 aromatic rings. The molecular formula is C21H15ClN4O2. The topological polar surface area (TPSA) is 83.8 Å². The number of halogens is 1. The van der Waals surface area contributed by atoms with E-state index in [1.807, 2.05) is 48.6 Å². The monoisotopic (exact) mass is 390 g/mol. The molecule has 3 heterocycles. The van der Waals surface area contributed by atoms with Crippen LogP contribution in [0.3, 0.4) is 0 Å². The van der Waals surface area contributed by atoms with Crippen LogP contribution in [0.1, 0.15) is 12.2 Å². The second-order valence-electron chi connectivity index (χ2n) is 6.66. The first-order valence-electron chi connectivity index (χ1n) is 8.82. The molecule has 5 rings (SSSR count). The van der Waals surface area contributed by atoms with Gasteiger partial charge in [-0.1, -0.05) is 29.8 Å². The largest absolute Gasteiger partial charge is 0.457 e. The van der Waals surface area contributed by atoms with Crippen molar-refractivity contribution < 1.29 is 9.21 Å². The molecule has 138 valence electrons. The highest BCUT2D eigenvalue weighted by molar-refractivity contribution is 6.30. The normalized spacial score (nSPS) is 20.0. The van der Waals surface area contributed by atoms with Crippen LogP contribution in [0.2, 0.25) is 0 Å². The molecule has 1 aliphatic heterocycles. The molecule has 0 saturated carbocycles. The van der Waals surface area contributed by atoms with E-state index in [1.165, 1.54) is 6.33 Å². The molecule has 1 fully saturated rings. The number of benzene rings is 1. The number of aromatic amines is 1. The first-order chi connectivity index (χ1) is 13.7. The van der Waals surface area contributed by atoms with Crippen molar-refractivity contribution in [2.75, 3.05) is 0 Å². The van der Waals surface area contributed by atoms with Gasteiger partial charge in [-0.25, -0.2) is 4.98 Å². The van der Waals surface area contributed by atoms with Crippen LogP contribution in [0.4, 0.5) is 0 Å². The van der Waals surface area contributed by atoms with E-state index in [0.717, 1.165) is 21.9 Å². The van der Waals surface area contributed by atoms with Crippen LogP contribution >= 0.6 is 11.6 Å². The number of fused-ring (bicyclic) bond motifs is 1. The minimum atomic E-state index is -0.110. The summed E-state index contributed by atoms with van der Waals surface area (Å²) in [6, 6.07) is 11.6. The number of hydrogen-bond acceptors (Lipinski definition) is 4. The zero-order valence-corrected chi connectivity index (χ0v) is 15.4. The van der Waals surface area contributed by atoms with E-state index in [0.29, 0.717) is 29.3 Å². The number of aromatic nitrogens is 3.